The van der Waals surface area contributed by atoms with Gasteiger partial charge in [-0.15, -0.1) is 0 Å². The van der Waals surface area contributed by atoms with Gasteiger partial charge in [-0.05, 0) is 12.5 Å². The fourth-order valence-corrected chi connectivity index (χ4v) is 3.05. The van der Waals surface area contributed by atoms with E-state index in [1.54, 1.807) is 29.9 Å². The van der Waals surface area contributed by atoms with Gasteiger partial charge in [0.15, 0.2) is 11.5 Å². The van der Waals surface area contributed by atoms with Crippen molar-refractivity contribution < 1.29 is 14.3 Å². The van der Waals surface area contributed by atoms with Crippen LogP contribution in [0.4, 0.5) is 0 Å². The molecule has 0 saturated carbocycles. The average molecular weight is 418 g/mol. The molecule has 3 rings (SSSR count). The molecule has 0 unspecified atom stereocenters. The summed E-state index contributed by atoms with van der Waals surface area (Å²) in [5.74, 6) is -0.0510. The van der Waals surface area contributed by atoms with Crippen molar-refractivity contribution in [2.45, 2.75) is 32.9 Å². The first kappa shape index (κ1) is 22.0. The van der Waals surface area contributed by atoms with E-state index in [-0.39, 0.29) is 42.3 Å². The zero-order valence-corrected chi connectivity index (χ0v) is 17.8. The van der Waals surface area contributed by atoms with Crippen molar-refractivity contribution in [2.75, 3.05) is 0 Å². The molecule has 0 bridgehead atoms. The van der Waals surface area contributed by atoms with Gasteiger partial charge in [-0.25, -0.2) is 0 Å². The molecule has 0 aliphatic carbocycles. The highest BCUT2D eigenvalue weighted by molar-refractivity contribution is 5.97. The summed E-state index contributed by atoms with van der Waals surface area (Å²) in [7, 11) is 1.79. The summed E-state index contributed by atoms with van der Waals surface area (Å²) in [5, 5.41) is 2.77. The van der Waals surface area contributed by atoms with Crippen LogP contribution in [0.2, 0.25) is 0 Å². The molecule has 0 saturated heterocycles. The normalized spacial score (nSPS) is 10.5. The Labute approximate surface area is 181 Å². The van der Waals surface area contributed by atoms with E-state index in [9.17, 15) is 14.4 Å². The molecule has 6 nitrogen and oxygen atoms in total. The first-order valence-corrected chi connectivity index (χ1v) is 10.2. The number of pyridine rings is 1. The lowest BCUT2D eigenvalue weighted by Gasteiger charge is -2.12. The summed E-state index contributed by atoms with van der Waals surface area (Å²) in [6.45, 7) is 2.46. The molecule has 160 valence electrons. The largest absolute Gasteiger partial charge is 0.483 e. The third-order valence-corrected chi connectivity index (χ3v) is 4.96. The average Bonchev–Trinajstić information content (AvgIpc) is 2.78. The number of nitrogens with one attached hydrogen (secondary N) is 1. The van der Waals surface area contributed by atoms with Crippen molar-refractivity contribution in [3.8, 4) is 5.75 Å². The second-order valence-corrected chi connectivity index (χ2v) is 7.44. The smallest absolute Gasteiger partial charge is 0.223 e. The van der Waals surface area contributed by atoms with E-state index in [4.69, 9.17) is 4.74 Å². The van der Waals surface area contributed by atoms with E-state index in [0.29, 0.717) is 17.9 Å². The highest BCUT2D eigenvalue weighted by Crippen LogP contribution is 2.10. The zero-order valence-electron chi connectivity index (χ0n) is 17.8. The van der Waals surface area contributed by atoms with Crippen molar-refractivity contribution in [3.63, 3.8) is 0 Å². The Hall–Kier alpha value is -3.67. The number of amides is 1. The molecule has 1 N–H and O–H groups in total. The van der Waals surface area contributed by atoms with Gasteiger partial charge in [0.25, 0.3) is 0 Å². The summed E-state index contributed by atoms with van der Waals surface area (Å²) in [5.41, 5.74) is 3.06. The van der Waals surface area contributed by atoms with Gasteiger partial charge in [0, 0.05) is 37.2 Å². The standard InChI is InChI=1S/C25H26N2O4/c1-18-8-10-20(11-9-18)22(28)12-13-25(30)26-15-21-14-23(29)24(16-27(21)2)31-17-19-6-4-3-5-7-19/h3-11,14,16H,12-13,15,17H2,1-2H3,(H,26,30). The number of aromatic nitrogens is 1. The van der Waals surface area contributed by atoms with E-state index >= 15 is 0 Å². The molecule has 0 aliphatic rings. The van der Waals surface area contributed by atoms with E-state index < -0.39 is 0 Å². The number of hydrogen-bond donors (Lipinski definition) is 1. The molecule has 31 heavy (non-hydrogen) atoms. The molecule has 2 aromatic carbocycles. The minimum absolute atomic E-state index is 0.0672. The number of benzene rings is 2. The maximum absolute atomic E-state index is 12.4. The second kappa shape index (κ2) is 10.4. The van der Waals surface area contributed by atoms with E-state index in [0.717, 1.165) is 11.1 Å². The first-order valence-electron chi connectivity index (χ1n) is 10.2. The molecule has 1 amide bonds. The van der Waals surface area contributed by atoms with Gasteiger partial charge >= 0.3 is 0 Å². The van der Waals surface area contributed by atoms with Crippen molar-refractivity contribution >= 4 is 11.7 Å². The fourth-order valence-electron chi connectivity index (χ4n) is 3.05. The molecule has 1 heterocycles. The Bertz CT molecular complexity index is 1100. The first-order chi connectivity index (χ1) is 14.9. The number of carbonyl (C=O) groups is 2. The van der Waals surface area contributed by atoms with Crippen molar-refractivity contribution in [3.05, 3.63) is 99.5 Å². The number of ketones is 1. The Balaban J connectivity index is 1.50. The highest BCUT2D eigenvalue weighted by Gasteiger charge is 2.11. The molecule has 0 radical (unpaired) electrons. The SMILES string of the molecule is Cc1ccc(C(=O)CCC(=O)NCc2cc(=O)c(OCc3ccccc3)cn2C)cc1. The number of ether oxygens (including phenoxy) is 1. The Morgan fingerprint density at radius 2 is 1.71 bits per heavy atom. The van der Waals surface area contributed by atoms with Crippen LogP contribution in [0.1, 0.15) is 40.0 Å². The van der Waals surface area contributed by atoms with Crippen LogP contribution in [0, 0.1) is 6.92 Å². The molecule has 0 fully saturated rings. The maximum Gasteiger partial charge on any atom is 0.223 e. The number of aryl methyl sites for hydroxylation is 2. The quantitative estimate of drug-likeness (QED) is 0.539. The van der Waals surface area contributed by atoms with Crippen molar-refractivity contribution in [2.24, 2.45) is 7.05 Å². The minimum Gasteiger partial charge on any atom is -0.483 e. The van der Waals surface area contributed by atoms with Crippen LogP contribution >= 0.6 is 0 Å². The number of hydrogen-bond acceptors (Lipinski definition) is 4. The second-order valence-electron chi connectivity index (χ2n) is 7.44. The number of carbonyl (C=O) groups excluding carboxylic acids is 2. The number of rotatable bonds is 9. The summed E-state index contributed by atoms with van der Waals surface area (Å²) < 4.78 is 7.39. The molecule has 6 heteroatoms. The van der Waals surface area contributed by atoms with Gasteiger partial charge < -0.3 is 14.6 Å². The third-order valence-electron chi connectivity index (χ3n) is 4.96. The van der Waals surface area contributed by atoms with Crippen LogP contribution in [0.3, 0.4) is 0 Å². The van der Waals surface area contributed by atoms with Crippen molar-refractivity contribution in [1.29, 1.82) is 0 Å². The number of Topliss-reactive ketones (excluding diaryl/α,β-unsaturated/α-hetero) is 1. The van der Waals surface area contributed by atoms with Crippen molar-refractivity contribution in [1.82, 2.24) is 9.88 Å². The van der Waals surface area contributed by atoms with Crippen LogP contribution < -0.4 is 15.5 Å². The van der Waals surface area contributed by atoms with Gasteiger partial charge in [0.1, 0.15) is 6.61 Å². The molecular formula is C25H26N2O4. The molecule has 0 spiro atoms. The topological polar surface area (TPSA) is 77.4 Å². The predicted octanol–water partition coefficient (Wildman–Crippen LogP) is 3.55. The number of nitrogens with zero attached hydrogens (tertiary/aromatic N) is 1. The van der Waals surface area contributed by atoms with Crippen LogP contribution in [-0.2, 0) is 25.0 Å². The lowest BCUT2D eigenvalue weighted by Crippen LogP contribution is -2.26. The fraction of sp³-hybridized carbons (Fsp3) is 0.240. The van der Waals surface area contributed by atoms with Crippen LogP contribution in [0.15, 0.2) is 71.7 Å². The Kier molecular flexibility index (Phi) is 7.38. The summed E-state index contributed by atoms with van der Waals surface area (Å²) in [6, 6.07) is 18.4. The molecular weight excluding hydrogens is 392 g/mol. The molecule has 3 aromatic rings. The van der Waals surface area contributed by atoms with Crippen LogP contribution in [0.5, 0.6) is 5.75 Å². The summed E-state index contributed by atoms with van der Waals surface area (Å²) in [4.78, 5) is 36.7. The van der Waals surface area contributed by atoms with E-state index in [1.807, 2.05) is 49.4 Å². The predicted molar refractivity (Wildman–Crippen MR) is 119 cm³/mol. The van der Waals surface area contributed by atoms with Crippen LogP contribution in [-0.4, -0.2) is 16.3 Å². The zero-order chi connectivity index (χ0) is 22.2. The summed E-state index contributed by atoms with van der Waals surface area (Å²) >= 11 is 0. The van der Waals surface area contributed by atoms with Crippen LogP contribution in [0.25, 0.3) is 0 Å². The highest BCUT2D eigenvalue weighted by atomic mass is 16.5. The van der Waals surface area contributed by atoms with Gasteiger partial charge in [0.05, 0.1) is 12.7 Å². The van der Waals surface area contributed by atoms with Gasteiger partial charge in [-0.1, -0.05) is 60.2 Å². The lowest BCUT2D eigenvalue weighted by molar-refractivity contribution is -0.121. The molecule has 1 aromatic heterocycles. The third kappa shape index (κ3) is 6.40. The maximum atomic E-state index is 12.4. The van der Waals surface area contributed by atoms with Gasteiger partial charge in [-0.2, -0.15) is 0 Å². The Morgan fingerprint density at radius 1 is 1.00 bits per heavy atom. The minimum atomic E-state index is -0.243. The van der Waals surface area contributed by atoms with Gasteiger partial charge in [-0.3, -0.25) is 14.4 Å². The Morgan fingerprint density at radius 3 is 2.42 bits per heavy atom. The van der Waals surface area contributed by atoms with Gasteiger partial charge in [0.2, 0.25) is 11.3 Å². The monoisotopic (exact) mass is 418 g/mol. The summed E-state index contributed by atoms with van der Waals surface area (Å²) in [6.07, 6.45) is 1.85. The van der Waals surface area contributed by atoms with E-state index in [2.05, 4.69) is 5.32 Å². The lowest BCUT2D eigenvalue weighted by atomic mass is 10.1. The molecule has 0 aliphatic heterocycles. The molecule has 0 atom stereocenters. The van der Waals surface area contributed by atoms with E-state index in [1.165, 1.54) is 6.07 Å².